The number of hydrogen-bond donors (Lipinski definition) is 1. The Hall–Kier alpha value is -2.40. The average Bonchev–Trinajstić information content (AvgIpc) is 2.48. The molecule has 0 fully saturated rings. The third-order valence-electron chi connectivity index (χ3n) is 3.19. The van der Waals surface area contributed by atoms with Gasteiger partial charge in [0.15, 0.2) is 0 Å². The third kappa shape index (κ3) is 4.29. The van der Waals surface area contributed by atoms with Crippen LogP contribution in [0.4, 0.5) is 5.69 Å². The van der Waals surface area contributed by atoms with Gasteiger partial charge in [0.25, 0.3) is 5.69 Å². The first-order valence-electron chi connectivity index (χ1n) is 6.78. The third-order valence-corrected chi connectivity index (χ3v) is 3.19. The summed E-state index contributed by atoms with van der Waals surface area (Å²) in [4.78, 5) is 10.2. The fraction of sp³-hybridized carbons (Fsp3) is 0.250. The summed E-state index contributed by atoms with van der Waals surface area (Å²) >= 11 is 0. The van der Waals surface area contributed by atoms with E-state index in [4.69, 9.17) is 10.5 Å². The molecule has 0 aliphatic heterocycles. The van der Waals surface area contributed by atoms with Gasteiger partial charge in [-0.15, -0.1) is 0 Å². The maximum Gasteiger partial charge on any atom is 0.269 e. The molecule has 0 heterocycles. The largest absolute Gasteiger partial charge is 0.493 e. The van der Waals surface area contributed by atoms with Crippen LogP contribution in [0.1, 0.15) is 24.1 Å². The second kappa shape index (κ2) is 6.85. The molecule has 0 saturated carbocycles. The highest BCUT2D eigenvalue weighted by atomic mass is 16.6. The fourth-order valence-corrected chi connectivity index (χ4v) is 1.96. The second-order valence-electron chi connectivity index (χ2n) is 4.88. The van der Waals surface area contributed by atoms with E-state index in [9.17, 15) is 10.1 Å². The van der Waals surface area contributed by atoms with Crippen molar-refractivity contribution in [2.45, 2.75) is 19.4 Å². The first kappa shape index (κ1) is 15.0. The van der Waals surface area contributed by atoms with Crippen LogP contribution >= 0.6 is 0 Å². The molecule has 5 heteroatoms. The average molecular weight is 286 g/mol. The number of benzene rings is 2. The van der Waals surface area contributed by atoms with Gasteiger partial charge in [-0.3, -0.25) is 10.1 Å². The van der Waals surface area contributed by atoms with Crippen molar-refractivity contribution < 1.29 is 9.66 Å². The molecule has 2 aromatic rings. The lowest BCUT2D eigenvalue weighted by Crippen LogP contribution is -2.06. The Kier molecular flexibility index (Phi) is 4.90. The van der Waals surface area contributed by atoms with Gasteiger partial charge in [-0.25, -0.2) is 0 Å². The van der Waals surface area contributed by atoms with Crippen LogP contribution in [0.15, 0.2) is 48.5 Å². The van der Waals surface area contributed by atoms with Crippen LogP contribution in [0.25, 0.3) is 0 Å². The van der Waals surface area contributed by atoms with E-state index in [1.165, 1.54) is 12.1 Å². The molecule has 0 aromatic heterocycles. The summed E-state index contributed by atoms with van der Waals surface area (Å²) in [7, 11) is 0. The van der Waals surface area contributed by atoms with Gasteiger partial charge in [-0.1, -0.05) is 24.3 Å². The molecule has 0 unspecified atom stereocenters. The van der Waals surface area contributed by atoms with Crippen LogP contribution in [0, 0.1) is 10.1 Å². The minimum atomic E-state index is -0.403. The quantitative estimate of drug-likeness (QED) is 0.653. The summed E-state index contributed by atoms with van der Waals surface area (Å²) < 4.78 is 5.69. The van der Waals surface area contributed by atoms with E-state index >= 15 is 0 Å². The molecule has 0 radical (unpaired) electrons. The number of non-ortho nitro benzene ring substituents is 1. The first-order valence-corrected chi connectivity index (χ1v) is 6.78. The second-order valence-corrected chi connectivity index (χ2v) is 4.88. The first-order chi connectivity index (χ1) is 10.1. The van der Waals surface area contributed by atoms with E-state index in [-0.39, 0.29) is 11.7 Å². The summed E-state index contributed by atoms with van der Waals surface area (Å²) in [5, 5.41) is 10.6. The maximum atomic E-state index is 10.6. The highest BCUT2D eigenvalue weighted by molar-refractivity contribution is 5.33. The van der Waals surface area contributed by atoms with Crippen molar-refractivity contribution in [2.75, 3.05) is 6.61 Å². The van der Waals surface area contributed by atoms with E-state index in [0.29, 0.717) is 13.0 Å². The molecule has 0 aliphatic rings. The van der Waals surface area contributed by atoms with Crippen LogP contribution in [0.2, 0.25) is 0 Å². The van der Waals surface area contributed by atoms with Crippen molar-refractivity contribution in [2.24, 2.45) is 5.73 Å². The molecule has 0 spiro atoms. The Labute approximate surface area is 123 Å². The fourth-order valence-electron chi connectivity index (χ4n) is 1.96. The maximum absolute atomic E-state index is 10.6. The Morgan fingerprint density at radius 2 is 1.95 bits per heavy atom. The Bertz CT molecular complexity index is 609. The number of ether oxygens (including phenoxy) is 1. The standard InChI is InChI=1S/C16H18N2O3/c1-12(17)14-3-2-4-16(11-14)21-10-9-13-5-7-15(8-6-13)18(19)20/h2-8,11-12H,9-10,17H2,1H3/t12-/m1/s1. The van der Waals surface area contributed by atoms with E-state index in [1.807, 2.05) is 31.2 Å². The number of nitro groups is 1. The van der Waals surface area contributed by atoms with Gasteiger partial charge < -0.3 is 10.5 Å². The topological polar surface area (TPSA) is 78.4 Å². The molecule has 2 rings (SSSR count). The van der Waals surface area contributed by atoms with Crippen LogP contribution in [-0.4, -0.2) is 11.5 Å². The van der Waals surface area contributed by atoms with Crippen molar-refractivity contribution in [3.8, 4) is 5.75 Å². The Morgan fingerprint density at radius 3 is 2.57 bits per heavy atom. The molecule has 0 amide bonds. The Balaban J connectivity index is 1.89. The number of rotatable bonds is 6. The zero-order valence-electron chi connectivity index (χ0n) is 11.9. The zero-order chi connectivity index (χ0) is 15.2. The lowest BCUT2D eigenvalue weighted by molar-refractivity contribution is -0.384. The summed E-state index contributed by atoms with van der Waals surface area (Å²) in [6.07, 6.45) is 0.695. The lowest BCUT2D eigenvalue weighted by Gasteiger charge is -2.10. The van der Waals surface area contributed by atoms with Crippen molar-refractivity contribution in [1.29, 1.82) is 0 Å². The SMILES string of the molecule is C[C@@H](N)c1cccc(OCCc2ccc([N+](=O)[O-])cc2)c1. The van der Waals surface area contributed by atoms with Gasteiger partial charge in [0, 0.05) is 24.6 Å². The van der Waals surface area contributed by atoms with E-state index in [2.05, 4.69) is 0 Å². The number of nitrogens with two attached hydrogens (primary N) is 1. The van der Waals surface area contributed by atoms with Crippen molar-refractivity contribution in [3.63, 3.8) is 0 Å². The molecule has 0 saturated heterocycles. The molecule has 110 valence electrons. The molecule has 0 bridgehead atoms. The molecule has 5 nitrogen and oxygen atoms in total. The van der Waals surface area contributed by atoms with Gasteiger partial charge in [0.1, 0.15) is 5.75 Å². The van der Waals surface area contributed by atoms with Crippen molar-refractivity contribution in [1.82, 2.24) is 0 Å². The predicted octanol–water partition coefficient (Wildman–Crippen LogP) is 3.24. The molecule has 21 heavy (non-hydrogen) atoms. The highest BCUT2D eigenvalue weighted by Crippen LogP contribution is 2.18. The van der Waals surface area contributed by atoms with Crippen LogP contribution < -0.4 is 10.5 Å². The monoisotopic (exact) mass is 286 g/mol. The molecule has 1 atom stereocenters. The highest BCUT2D eigenvalue weighted by Gasteiger charge is 2.04. The van der Waals surface area contributed by atoms with Gasteiger partial charge in [-0.05, 0) is 30.2 Å². The normalized spacial score (nSPS) is 11.9. The minimum Gasteiger partial charge on any atom is -0.493 e. The predicted molar refractivity (Wildman–Crippen MR) is 81.3 cm³/mol. The summed E-state index contributed by atoms with van der Waals surface area (Å²) in [5.41, 5.74) is 7.97. The molecule has 2 N–H and O–H groups in total. The van der Waals surface area contributed by atoms with Crippen LogP contribution in [0.5, 0.6) is 5.75 Å². The molecule has 0 aliphatic carbocycles. The van der Waals surface area contributed by atoms with E-state index in [1.54, 1.807) is 12.1 Å². The molecular formula is C16H18N2O3. The summed E-state index contributed by atoms with van der Waals surface area (Å²) in [5.74, 6) is 0.784. The zero-order valence-corrected chi connectivity index (χ0v) is 11.9. The van der Waals surface area contributed by atoms with E-state index < -0.39 is 4.92 Å². The molecule has 2 aromatic carbocycles. The Morgan fingerprint density at radius 1 is 1.24 bits per heavy atom. The minimum absolute atomic E-state index is 0.0248. The summed E-state index contributed by atoms with van der Waals surface area (Å²) in [6, 6.07) is 14.2. The lowest BCUT2D eigenvalue weighted by atomic mass is 10.1. The van der Waals surface area contributed by atoms with Crippen molar-refractivity contribution >= 4 is 5.69 Å². The van der Waals surface area contributed by atoms with E-state index in [0.717, 1.165) is 16.9 Å². The summed E-state index contributed by atoms with van der Waals surface area (Å²) in [6.45, 7) is 2.44. The molecular weight excluding hydrogens is 268 g/mol. The number of nitro benzene ring substituents is 1. The number of nitrogens with zero attached hydrogens (tertiary/aromatic N) is 1. The van der Waals surface area contributed by atoms with Crippen LogP contribution in [0.3, 0.4) is 0 Å². The van der Waals surface area contributed by atoms with Gasteiger partial charge >= 0.3 is 0 Å². The smallest absolute Gasteiger partial charge is 0.269 e. The van der Waals surface area contributed by atoms with Crippen molar-refractivity contribution in [3.05, 3.63) is 69.8 Å². The van der Waals surface area contributed by atoms with Gasteiger partial charge in [0.05, 0.1) is 11.5 Å². The van der Waals surface area contributed by atoms with Gasteiger partial charge in [-0.2, -0.15) is 0 Å². The van der Waals surface area contributed by atoms with Crippen LogP contribution in [-0.2, 0) is 6.42 Å². The number of hydrogen-bond acceptors (Lipinski definition) is 4. The van der Waals surface area contributed by atoms with Gasteiger partial charge in [0.2, 0.25) is 0 Å².